The van der Waals surface area contributed by atoms with Crippen LogP contribution in [0.15, 0.2) is 42.5 Å². The van der Waals surface area contributed by atoms with E-state index in [-0.39, 0.29) is 28.9 Å². The van der Waals surface area contributed by atoms with E-state index in [1.807, 2.05) is 45.0 Å². The van der Waals surface area contributed by atoms with Crippen molar-refractivity contribution >= 4 is 40.5 Å². The SMILES string of the molecule is Cc1c(NC(=O)C2CC2)cccc1NC(=S)NC(=O)c1ccccc1OC(C)C. The van der Waals surface area contributed by atoms with Crippen molar-refractivity contribution in [2.75, 3.05) is 10.6 Å². The zero-order chi connectivity index (χ0) is 21.0. The molecule has 7 heteroatoms. The summed E-state index contributed by atoms with van der Waals surface area (Å²) in [5.74, 6) is 0.320. The average Bonchev–Trinajstić information content (AvgIpc) is 3.50. The van der Waals surface area contributed by atoms with Gasteiger partial charge in [0.25, 0.3) is 5.91 Å². The lowest BCUT2D eigenvalue weighted by atomic mass is 10.1. The number of nitrogens with one attached hydrogen (secondary N) is 3. The number of thiocarbonyl (C=S) groups is 1. The van der Waals surface area contributed by atoms with E-state index < -0.39 is 0 Å². The van der Waals surface area contributed by atoms with Crippen LogP contribution in [0.1, 0.15) is 42.6 Å². The molecule has 2 amide bonds. The first-order valence-corrected chi connectivity index (χ1v) is 10.0. The van der Waals surface area contributed by atoms with E-state index in [4.69, 9.17) is 17.0 Å². The van der Waals surface area contributed by atoms with E-state index in [1.165, 1.54) is 0 Å². The second-order valence-corrected chi connectivity index (χ2v) is 7.72. The van der Waals surface area contributed by atoms with Crippen LogP contribution in [0.5, 0.6) is 5.75 Å². The molecule has 29 heavy (non-hydrogen) atoms. The highest BCUT2D eigenvalue weighted by atomic mass is 32.1. The molecule has 1 saturated carbocycles. The first-order chi connectivity index (χ1) is 13.8. The molecule has 152 valence electrons. The summed E-state index contributed by atoms with van der Waals surface area (Å²) in [6, 6.07) is 12.5. The number of rotatable bonds is 6. The molecule has 0 heterocycles. The summed E-state index contributed by atoms with van der Waals surface area (Å²) >= 11 is 5.31. The Morgan fingerprint density at radius 3 is 2.34 bits per heavy atom. The van der Waals surface area contributed by atoms with Crippen molar-refractivity contribution < 1.29 is 14.3 Å². The Kier molecular flexibility index (Phi) is 6.49. The second-order valence-electron chi connectivity index (χ2n) is 7.31. The van der Waals surface area contributed by atoms with E-state index in [9.17, 15) is 9.59 Å². The van der Waals surface area contributed by atoms with Gasteiger partial charge in [0.05, 0.1) is 11.7 Å². The van der Waals surface area contributed by atoms with Crippen molar-refractivity contribution in [1.82, 2.24) is 5.32 Å². The molecule has 0 aliphatic heterocycles. The quantitative estimate of drug-likeness (QED) is 0.619. The van der Waals surface area contributed by atoms with Gasteiger partial charge in [-0.3, -0.25) is 14.9 Å². The van der Waals surface area contributed by atoms with Gasteiger partial charge in [-0.2, -0.15) is 0 Å². The van der Waals surface area contributed by atoms with Crippen LogP contribution >= 0.6 is 12.2 Å². The summed E-state index contributed by atoms with van der Waals surface area (Å²) in [5.41, 5.74) is 2.71. The molecular formula is C22H25N3O3S. The number of hydrogen-bond acceptors (Lipinski definition) is 4. The molecule has 1 aliphatic rings. The van der Waals surface area contributed by atoms with Gasteiger partial charge in [0.2, 0.25) is 5.91 Å². The van der Waals surface area contributed by atoms with E-state index in [2.05, 4.69) is 16.0 Å². The predicted molar refractivity (Wildman–Crippen MR) is 118 cm³/mol. The Labute approximate surface area is 176 Å². The van der Waals surface area contributed by atoms with Crippen molar-refractivity contribution in [1.29, 1.82) is 0 Å². The minimum Gasteiger partial charge on any atom is -0.490 e. The fraction of sp³-hybridized carbons (Fsp3) is 0.318. The van der Waals surface area contributed by atoms with Crippen LogP contribution in [-0.2, 0) is 4.79 Å². The molecule has 0 aromatic heterocycles. The Hall–Kier alpha value is -2.93. The molecular weight excluding hydrogens is 386 g/mol. The third-order valence-corrected chi connectivity index (χ3v) is 4.71. The van der Waals surface area contributed by atoms with Crippen molar-refractivity contribution in [2.45, 2.75) is 39.7 Å². The van der Waals surface area contributed by atoms with E-state index in [0.29, 0.717) is 11.3 Å². The third kappa shape index (κ3) is 5.54. The number of anilines is 2. The highest BCUT2D eigenvalue weighted by Crippen LogP contribution is 2.31. The number of ether oxygens (including phenoxy) is 1. The van der Waals surface area contributed by atoms with Gasteiger partial charge in [-0.15, -0.1) is 0 Å². The largest absolute Gasteiger partial charge is 0.490 e. The van der Waals surface area contributed by atoms with Gasteiger partial charge >= 0.3 is 0 Å². The van der Waals surface area contributed by atoms with Crippen LogP contribution in [0, 0.1) is 12.8 Å². The minimum absolute atomic E-state index is 0.0443. The number of para-hydroxylation sites is 1. The average molecular weight is 412 g/mol. The Bertz CT molecular complexity index is 939. The van der Waals surface area contributed by atoms with Gasteiger partial charge in [-0.05, 0) is 75.7 Å². The molecule has 3 rings (SSSR count). The van der Waals surface area contributed by atoms with Crippen LogP contribution < -0.4 is 20.7 Å². The lowest BCUT2D eigenvalue weighted by molar-refractivity contribution is -0.117. The van der Waals surface area contributed by atoms with Crippen molar-refractivity contribution in [2.24, 2.45) is 5.92 Å². The van der Waals surface area contributed by atoms with E-state index in [1.54, 1.807) is 18.2 Å². The highest BCUT2D eigenvalue weighted by molar-refractivity contribution is 7.80. The zero-order valence-electron chi connectivity index (χ0n) is 16.7. The molecule has 1 aliphatic carbocycles. The normalized spacial score (nSPS) is 13.0. The molecule has 6 nitrogen and oxygen atoms in total. The van der Waals surface area contributed by atoms with Crippen molar-refractivity contribution in [3.8, 4) is 5.75 Å². The maximum Gasteiger partial charge on any atom is 0.261 e. The van der Waals surface area contributed by atoms with Crippen LogP contribution in [0.3, 0.4) is 0 Å². The molecule has 0 saturated heterocycles. The smallest absolute Gasteiger partial charge is 0.261 e. The highest BCUT2D eigenvalue weighted by Gasteiger charge is 2.29. The summed E-state index contributed by atoms with van der Waals surface area (Å²) in [7, 11) is 0. The lowest BCUT2D eigenvalue weighted by Crippen LogP contribution is -2.34. The number of benzene rings is 2. The molecule has 2 aromatic rings. The maximum atomic E-state index is 12.7. The van der Waals surface area contributed by atoms with Crippen molar-refractivity contribution in [3.63, 3.8) is 0 Å². The molecule has 1 fully saturated rings. The standard InChI is InChI=1S/C22H25N3O3S/c1-13(2)28-19-10-5-4-7-16(19)21(27)25-22(29)24-18-9-6-8-17(14(18)3)23-20(26)15-11-12-15/h4-10,13,15H,11-12H2,1-3H3,(H,23,26)(H2,24,25,27,29). The number of amides is 2. The molecule has 2 aromatic carbocycles. The van der Waals surface area contributed by atoms with Gasteiger partial charge in [0, 0.05) is 17.3 Å². The Morgan fingerprint density at radius 2 is 1.69 bits per heavy atom. The maximum absolute atomic E-state index is 12.7. The molecule has 0 radical (unpaired) electrons. The number of carbonyl (C=O) groups is 2. The molecule has 0 bridgehead atoms. The molecule has 0 atom stereocenters. The second kappa shape index (κ2) is 9.05. The van der Waals surface area contributed by atoms with Crippen molar-refractivity contribution in [3.05, 3.63) is 53.6 Å². The van der Waals surface area contributed by atoms with Gasteiger partial charge in [-0.25, -0.2) is 0 Å². The first kappa shape index (κ1) is 20.8. The fourth-order valence-electron chi connectivity index (χ4n) is 2.82. The van der Waals surface area contributed by atoms with E-state index in [0.717, 1.165) is 29.8 Å². The fourth-order valence-corrected chi connectivity index (χ4v) is 3.02. The van der Waals surface area contributed by atoms with E-state index >= 15 is 0 Å². The monoisotopic (exact) mass is 411 g/mol. The summed E-state index contributed by atoms with van der Waals surface area (Å²) in [5, 5.41) is 8.85. The van der Waals surface area contributed by atoms with Gasteiger partial charge in [-0.1, -0.05) is 18.2 Å². The first-order valence-electron chi connectivity index (χ1n) is 9.63. The van der Waals surface area contributed by atoms with Gasteiger partial charge in [0.15, 0.2) is 5.11 Å². The van der Waals surface area contributed by atoms with Gasteiger partial charge in [0.1, 0.15) is 5.75 Å². The Balaban J connectivity index is 1.66. The number of hydrogen-bond donors (Lipinski definition) is 3. The summed E-state index contributed by atoms with van der Waals surface area (Å²) in [4.78, 5) is 24.7. The third-order valence-electron chi connectivity index (χ3n) is 4.51. The van der Waals surface area contributed by atoms with Crippen LogP contribution in [0.2, 0.25) is 0 Å². The topological polar surface area (TPSA) is 79.5 Å². The summed E-state index contributed by atoms with van der Waals surface area (Å²) in [6.45, 7) is 5.69. The van der Waals surface area contributed by atoms with Crippen LogP contribution in [0.4, 0.5) is 11.4 Å². The zero-order valence-corrected chi connectivity index (χ0v) is 17.6. The van der Waals surface area contributed by atoms with Crippen LogP contribution in [-0.4, -0.2) is 23.0 Å². The minimum atomic E-state index is -0.352. The Morgan fingerprint density at radius 1 is 1.03 bits per heavy atom. The molecule has 0 unspecified atom stereocenters. The molecule has 0 spiro atoms. The predicted octanol–water partition coefficient (Wildman–Crippen LogP) is 4.26. The van der Waals surface area contributed by atoms with Crippen LogP contribution in [0.25, 0.3) is 0 Å². The van der Waals surface area contributed by atoms with Gasteiger partial charge < -0.3 is 15.4 Å². The number of carbonyl (C=O) groups excluding carboxylic acids is 2. The summed E-state index contributed by atoms with van der Waals surface area (Å²) < 4.78 is 5.70. The summed E-state index contributed by atoms with van der Waals surface area (Å²) in [6.07, 6.45) is 1.84. The molecule has 3 N–H and O–H groups in total. The lowest BCUT2D eigenvalue weighted by Gasteiger charge is -2.16.